The minimum Gasteiger partial charge on any atom is -0.496 e. The lowest BCUT2D eigenvalue weighted by Crippen LogP contribution is -2.14. The molecule has 0 atom stereocenters. The van der Waals surface area contributed by atoms with Crippen LogP contribution in [0.4, 0.5) is 0 Å². The van der Waals surface area contributed by atoms with Gasteiger partial charge < -0.3 is 18.9 Å². The Kier molecular flexibility index (Phi) is 6.60. The number of benzene rings is 2. The van der Waals surface area contributed by atoms with Crippen molar-refractivity contribution in [1.29, 1.82) is 0 Å². The first kappa shape index (κ1) is 21.6. The van der Waals surface area contributed by atoms with E-state index in [1.807, 2.05) is 13.8 Å². The maximum Gasteiger partial charge on any atom is 0.342 e. The number of methoxy groups -OCH3 is 3. The molecule has 0 unspecified atom stereocenters. The van der Waals surface area contributed by atoms with Crippen LogP contribution in [0.5, 0.6) is 17.2 Å². The SMILES string of the molecule is COc1cc(OC)c(C(=O)OCc2c(C)cc(C(C)(C)C)cc2C)cc1OC. The molecule has 0 fully saturated rings. The van der Waals surface area contributed by atoms with E-state index >= 15 is 0 Å². The molecule has 0 aromatic heterocycles. The van der Waals surface area contributed by atoms with Crippen molar-refractivity contribution in [2.24, 2.45) is 0 Å². The molecule has 0 aliphatic heterocycles. The Morgan fingerprint density at radius 3 is 1.79 bits per heavy atom. The molecule has 0 amide bonds. The van der Waals surface area contributed by atoms with Gasteiger partial charge in [0.1, 0.15) is 17.9 Å². The molecule has 5 nitrogen and oxygen atoms in total. The fraction of sp³-hybridized carbons (Fsp3) is 0.435. The summed E-state index contributed by atoms with van der Waals surface area (Å²) in [6.45, 7) is 10.8. The van der Waals surface area contributed by atoms with Gasteiger partial charge >= 0.3 is 5.97 Å². The van der Waals surface area contributed by atoms with E-state index in [0.717, 1.165) is 16.7 Å². The van der Waals surface area contributed by atoms with Crippen molar-refractivity contribution in [2.75, 3.05) is 21.3 Å². The normalized spacial score (nSPS) is 11.1. The molecule has 0 heterocycles. The average Bonchev–Trinajstić information content (AvgIpc) is 2.64. The van der Waals surface area contributed by atoms with E-state index in [1.54, 1.807) is 12.1 Å². The van der Waals surface area contributed by atoms with Crippen LogP contribution in [0.1, 0.15) is 53.4 Å². The Morgan fingerprint density at radius 2 is 1.32 bits per heavy atom. The van der Waals surface area contributed by atoms with Gasteiger partial charge in [-0.05, 0) is 41.5 Å². The molecule has 0 N–H and O–H groups in total. The molecule has 0 saturated carbocycles. The number of ether oxygens (including phenoxy) is 4. The molecule has 2 aromatic carbocycles. The lowest BCUT2D eigenvalue weighted by Gasteiger charge is -2.22. The molecular weight excluding hydrogens is 356 g/mol. The van der Waals surface area contributed by atoms with E-state index in [-0.39, 0.29) is 12.0 Å². The zero-order chi connectivity index (χ0) is 21.1. The minimum atomic E-state index is -0.475. The van der Waals surface area contributed by atoms with Crippen LogP contribution < -0.4 is 14.2 Å². The van der Waals surface area contributed by atoms with E-state index in [1.165, 1.54) is 26.9 Å². The highest BCUT2D eigenvalue weighted by molar-refractivity contribution is 5.93. The summed E-state index contributed by atoms with van der Waals surface area (Å²) < 4.78 is 21.5. The predicted molar refractivity (Wildman–Crippen MR) is 110 cm³/mol. The zero-order valence-electron chi connectivity index (χ0n) is 18.1. The third-order valence-electron chi connectivity index (χ3n) is 4.84. The van der Waals surface area contributed by atoms with E-state index < -0.39 is 5.97 Å². The molecule has 0 radical (unpaired) electrons. The molecule has 2 aromatic rings. The molecule has 0 aliphatic rings. The monoisotopic (exact) mass is 386 g/mol. The molecule has 0 bridgehead atoms. The van der Waals surface area contributed by atoms with E-state index in [0.29, 0.717) is 22.8 Å². The highest BCUT2D eigenvalue weighted by atomic mass is 16.5. The quantitative estimate of drug-likeness (QED) is 0.655. The third-order valence-corrected chi connectivity index (χ3v) is 4.84. The predicted octanol–water partition coefficient (Wildman–Crippen LogP) is 4.98. The lowest BCUT2D eigenvalue weighted by molar-refractivity contribution is 0.0467. The topological polar surface area (TPSA) is 54.0 Å². The van der Waals surface area contributed by atoms with Crippen molar-refractivity contribution in [3.8, 4) is 17.2 Å². The summed E-state index contributed by atoms with van der Waals surface area (Å²) in [5, 5.41) is 0. The molecule has 0 spiro atoms. The molecule has 152 valence electrons. The van der Waals surface area contributed by atoms with Gasteiger partial charge in [0.05, 0.1) is 21.3 Å². The van der Waals surface area contributed by atoms with Crippen LogP contribution >= 0.6 is 0 Å². The Morgan fingerprint density at radius 1 is 0.821 bits per heavy atom. The summed E-state index contributed by atoms with van der Waals surface area (Å²) in [5.74, 6) is 0.827. The average molecular weight is 386 g/mol. The van der Waals surface area contributed by atoms with Gasteiger partial charge in [0.2, 0.25) is 0 Å². The van der Waals surface area contributed by atoms with Gasteiger partial charge in [-0.15, -0.1) is 0 Å². The molecule has 0 aliphatic carbocycles. The van der Waals surface area contributed by atoms with E-state index in [2.05, 4.69) is 32.9 Å². The molecular formula is C23H30O5. The Bertz CT molecular complexity index is 839. The van der Waals surface area contributed by atoms with Gasteiger partial charge in [-0.2, -0.15) is 0 Å². The number of hydrogen-bond acceptors (Lipinski definition) is 5. The van der Waals surface area contributed by atoms with Crippen molar-refractivity contribution in [3.63, 3.8) is 0 Å². The third kappa shape index (κ3) is 4.58. The molecule has 28 heavy (non-hydrogen) atoms. The number of carbonyl (C=O) groups is 1. The summed E-state index contributed by atoms with van der Waals surface area (Å²) in [6, 6.07) is 7.51. The molecule has 2 rings (SSSR count). The standard InChI is InChI=1S/C23H30O5/c1-14-9-16(23(3,4)5)10-15(2)18(14)13-28-22(24)17-11-20(26-7)21(27-8)12-19(17)25-6/h9-12H,13H2,1-8H3. The van der Waals surface area contributed by atoms with Crippen molar-refractivity contribution in [3.05, 3.63) is 52.1 Å². The molecule has 0 saturated heterocycles. The highest BCUT2D eigenvalue weighted by Gasteiger charge is 2.21. The Hall–Kier alpha value is -2.69. The fourth-order valence-corrected chi connectivity index (χ4v) is 3.06. The summed E-state index contributed by atoms with van der Waals surface area (Å²) >= 11 is 0. The van der Waals surface area contributed by atoms with Crippen LogP contribution in [-0.4, -0.2) is 27.3 Å². The van der Waals surface area contributed by atoms with Crippen molar-refractivity contribution in [2.45, 2.75) is 46.6 Å². The number of aryl methyl sites for hydroxylation is 2. The number of esters is 1. The zero-order valence-corrected chi connectivity index (χ0v) is 18.1. The van der Waals surface area contributed by atoms with Gasteiger partial charge in [0.25, 0.3) is 0 Å². The van der Waals surface area contributed by atoms with Crippen molar-refractivity contribution >= 4 is 5.97 Å². The largest absolute Gasteiger partial charge is 0.496 e. The second-order valence-corrected chi connectivity index (χ2v) is 7.82. The smallest absolute Gasteiger partial charge is 0.342 e. The van der Waals surface area contributed by atoms with Crippen LogP contribution in [0.3, 0.4) is 0 Å². The van der Waals surface area contributed by atoms with Crippen molar-refractivity contribution in [1.82, 2.24) is 0 Å². The van der Waals surface area contributed by atoms with Crippen LogP contribution in [0.15, 0.2) is 24.3 Å². The van der Waals surface area contributed by atoms with Crippen LogP contribution in [-0.2, 0) is 16.8 Å². The van der Waals surface area contributed by atoms with Crippen LogP contribution in [0.2, 0.25) is 0 Å². The fourth-order valence-electron chi connectivity index (χ4n) is 3.06. The maximum absolute atomic E-state index is 12.7. The van der Waals surface area contributed by atoms with Crippen molar-refractivity contribution < 1.29 is 23.7 Å². The van der Waals surface area contributed by atoms with E-state index in [4.69, 9.17) is 18.9 Å². The van der Waals surface area contributed by atoms with Gasteiger partial charge in [-0.25, -0.2) is 4.79 Å². The van der Waals surface area contributed by atoms with Gasteiger partial charge in [0.15, 0.2) is 11.5 Å². The van der Waals surface area contributed by atoms with Gasteiger partial charge in [0, 0.05) is 12.1 Å². The van der Waals surface area contributed by atoms with Crippen LogP contribution in [0.25, 0.3) is 0 Å². The van der Waals surface area contributed by atoms with Crippen LogP contribution in [0, 0.1) is 13.8 Å². The number of hydrogen-bond donors (Lipinski definition) is 0. The second-order valence-electron chi connectivity index (χ2n) is 7.82. The van der Waals surface area contributed by atoms with E-state index in [9.17, 15) is 4.79 Å². The molecule has 5 heteroatoms. The minimum absolute atomic E-state index is 0.0672. The number of carbonyl (C=O) groups excluding carboxylic acids is 1. The first-order valence-electron chi connectivity index (χ1n) is 9.20. The summed E-state index contributed by atoms with van der Waals surface area (Å²) in [7, 11) is 4.54. The second kappa shape index (κ2) is 8.55. The van der Waals surface area contributed by atoms with Gasteiger partial charge in [-0.1, -0.05) is 32.9 Å². The first-order chi connectivity index (χ1) is 13.1. The highest BCUT2D eigenvalue weighted by Crippen LogP contribution is 2.35. The summed E-state index contributed by atoms with van der Waals surface area (Å²) in [6.07, 6.45) is 0. The summed E-state index contributed by atoms with van der Waals surface area (Å²) in [5.41, 5.74) is 4.85. The Balaban J connectivity index is 2.28. The maximum atomic E-state index is 12.7. The summed E-state index contributed by atoms with van der Waals surface area (Å²) in [4.78, 5) is 12.7. The van der Waals surface area contributed by atoms with Gasteiger partial charge in [-0.3, -0.25) is 0 Å². The first-order valence-corrected chi connectivity index (χ1v) is 9.20. The number of rotatable bonds is 6. The Labute approximate surface area is 167 Å². The lowest BCUT2D eigenvalue weighted by atomic mass is 9.84.